The molecule has 3 nitrogen and oxygen atoms in total. The molecular weight excluding hydrogens is 248 g/mol. The first-order valence-corrected chi connectivity index (χ1v) is 8.27. The van der Waals surface area contributed by atoms with E-state index in [1.165, 1.54) is 58.2 Å². The highest BCUT2D eigenvalue weighted by Gasteiger charge is 2.36. The van der Waals surface area contributed by atoms with E-state index in [1.807, 2.05) is 12.1 Å². The molecule has 1 saturated carbocycles. The average molecular weight is 276 g/mol. The molecule has 20 heavy (non-hydrogen) atoms. The molecule has 112 valence electrons. The van der Waals surface area contributed by atoms with E-state index < -0.39 is 0 Å². The van der Waals surface area contributed by atoms with E-state index >= 15 is 0 Å². The number of nitrogens with zero attached hydrogens (tertiary/aromatic N) is 1. The summed E-state index contributed by atoms with van der Waals surface area (Å²) in [6.07, 6.45) is 10.5. The zero-order chi connectivity index (χ0) is 13.8. The van der Waals surface area contributed by atoms with Crippen LogP contribution >= 0.6 is 0 Å². The number of rotatable bonds is 5. The summed E-state index contributed by atoms with van der Waals surface area (Å²) < 4.78 is 5.43. The minimum Gasteiger partial charge on any atom is -0.468 e. The van der Waals surface area contributed by atoms with E-state index in [0.717, 1.165) is 17.7 Å². The second-order valence-electron chi connectivity index (χ2n) is 6.74. The first-order valence-electron chi connectivity index (χ1n) is 8.27. The van der Waals surface area contributed by atoms with Gasteiger partial charge in [-0.1, -0.05) is 12.8 Å². The van der Waals surface area contributed by atoms with Crippen LogP contribution in [-0.2, 0) is 0 Å². The van der Waals surface area contributed by atoms with E-state index in [-0.39, 0.29) is 0 Å². The Hall–Kier alpha value is -0.800. The highest BCUT2D eigenvalue weighted by Crippen LogP contribution is 2.45. The Bertz CT molecular complexity index is 385. The van der Waals surface area contributed by atoms with E-state index in [0.29, 0.717) is 6.04 Å². The van der Waals surface area contributed by atoms with Crippen LogP contribution in [0.3, 0.4) is 0 Å². The van der Waals surface area contributed by atoms with Gasteiger partial charge >= 0.3 is 0 Å². The molecule has 1 spiro atoms. The molecule has 3 heteroatoms. The van der Waals surface area contributed by atoms with E-state index in [2.05, 4.69) is 17.1 Å². The quantitative estimate of drug-likeness (QED) is 0.891. The molecular formula is C17H28N2O. The van der Waals surface area contributed by atoms with Crippen molar-refractivity contribution in [2.24, 2.45) is 5.41 Å². The van der Waals surface area contributed by atoms with Crippen LogP contribution in [0.5, 0.6) is 0 Å². The van der Waals surface area contributed by atoms with Crippen LogP contribution in [0.25, 0.3) is 0 Å². The summed E-state index contributed by atoms with van der Waals surface area (Å²) in [6.45, 7) is 6.99. The van der Waals surface area contributed by atoms with Crippen molar-refractivity contribution in [3.8, 4) is 0 Å². The largest absolute Gasteiger partial charge is 0.468 e. The van der Waals surface area contributed by atoms with Gasteiger partial charge in [0.15, 0.2) is 0 Å². The topological polar surface area (TPSA) is 28.4 Å². The third kappa shape index (κ3) is 3.26. The first-order chi connectivity index (χ1) is 9.77. The summed E-state index contributed by atoms with van der Waals surface area (Å²) in [7, 11) is 0. The normalized spacial score (nSPS) is 24.2. The summed E-state index contributed by atoms with van der Waals surface area (Å²) >= 11 is 0. The fourth-order valence-corrected chi connectivity index (χ4v) is 3.95. The zero-order valence-electron chi connectivity index (χ0n) is 12.7. The van der Waals surface area contributed by atoms with Gasteiger partial charge < -0.3 is 14.6 Å². The fourth-order valence-electron chi connectivity index (χ4n) is 3.95. The zero-order valence-corrected chi connectivity index (χ0v) is 12.7. The highest BCUT2D eigenvalue weighted by molar-refractivity contribution is 5.02. The Balaban J connectivity index is 1.36. The summed E-state index contributed by atoms with van der Waals surface area (Å²) in [5.41, 5.74) is 0.741. The Kier molecular flexibility index (Phi) is 4.47. The Morgan fingerprint density at radius 1 is 1.25 bits per heavy atom. The molecule has 1 unspecified atom stereocenters. The molecule has 2 aliphatic rings. The first kappa shape index (κ1) is 14.2. The van der Waals surface area contributed by atoms with E-state index in [4.69, 9.17) is 4.42 Å². The van der Waals surface area contributed by atoms with Gasteiger partial charge in [-0.3, -0.25) is 0 Å². The van der Waals surface area contributed by atoms with Gasteiger partial charge in [0.05, 0.1) is 12.3 Å². The van der Waals surface area contributed by atoms with Crippen LogP contribution in [0.1, 0.15) is 57.3 Å². The molecule has 1 atom stereocenters. The van der Waals surface area contributed by atoms with Crippen LogP contribution in [0.4, 0.5) is 0 Å². The van der Waals surface area contributed by atoms with Crippen molar-refractivity contribution in [2.75, 3.05) is 26.2 Å². The van der Waals surface area contributed by atoms with Crippen molar-refractivity contribution in [3.05, 3.63) is 24.2 Å². The van der Waals surface area contributed by atoms with Crippen LogP contribution in [0, 0.1) is 5.41 Å². The van der Waals surface area contributed by atoms with E-state index in [1.54, 1.807) is 6.26 Å². The minimum atomic E-state index is 0.316. The van der Waals surface area contributed by atoms with Crippen molar-refractivity contribution in [1.29, 1.82) is 0 Å². The predicted octanol–water partition coefficient (Wildman–Crippen LogP) is 3.59. The Labute approximate surface area is 122 Å². The van der Waals surface area contributed by atoms with Crippen molar-refractivity contribution in [3.63, 3.8) is 0 Å². The van der Waals surface area contributed by atoms with Gasteiger partial charge in [0, 0.05) is 13.1 Å². The molecule has 1 aliphatic carbocycles. The second-order valence-corrected chi connectivity index (χ2v) is 6.74. The summed E-state index contributed by atoms with van der Waals surface area (Å²) in [5, 5.41) is 3.56. The number of piperidine rings is 1. The molecule has 0 aromatic carbocycles. The van der Waals surface area contributed by atoms with Gasteiger partial charge in [0.2, 0.25) is 0 Å². The standard InChI is InChI=1S/C17H28N2O/c1-15(16-5-4-14-20-16)18-10-13-19-11-8-17(9-12-19)6-2-3-7-17/h4-5,14-15,18H,2-3,6-13H2,1H3. The molecule has 1 aromatic rings. The monoisotopic (exact) mass is 276 g/mol. The maximum absolute atomic E-state index is 5.43. The fraction of sp³-hybridized carbons (Fsp3) is 0.765. The van der Waals surface area contributed by atoms with Gasteiger partial charge in [0.25, 0.3) is 0 Å². The second kappa shape index (κ2) is 6.31. The van der Waals surface area contributed by atoms with Crippen LogP contribution < -0.4 is 5.32 Å². The van der Waals surface area contributed by atoms with Crippen molar-refractivity contribution in [1.82, 2.24) is 10.2 Å². The Morgan fingerprint density at radius 2 is 2.00 bits per heavy atom. The molecule has 1 N–H and O–H groups in total. The van der Waals surface area contributed by atoms with Crippen LogP contribution in [-0.4, -0.2) is 31.1 Å². The lowest BCUT2D eigenvalue weighted by molar-refractivity contribution is 0.108. The van der Waals surface area contributed by atoms with Crippen molar-refractivity contribution >= 4 is 0 Å². The minimum absolute atomic E-state index is 0.316. The molecule has 1 aromatic heterocycles. The third-order valence-corrected chi connectivity index (χ3v) is 5.43. The molecule has 0 amide bonds. The highest BCUT2D eigenvalue weighted by atomic mass is 16.3. The molecule has 0 bridgehead atoms. The lowest BCUT2D eigenvalue weighted by Gasteiger charge is -2.39. The number of nitrogens with one attached hydrogen (secondary N) is 1. The predicted molar refractivity (Wildman–Crippen MR) is 81.7 cm³/mol. The maximum atomic E-state index is 5.43. The molecule has 0 radical (unpaired) electrons. The SMILES string of the molecule is CC(NCCN1CCC2(CCCC2)CC1)c1ccco1. The number of likely N-dealkylation sites (tertiary alicyclic amines) is 1. The molecule has 2 fully saturated rings. The number of furan rings is 1. The lowest BCUT2D eigenvalue weighted by atomic mass is 9.77. The Morgan fingerprint density at radius 3 is 2.65 bits per heavy atom. The van der Waals surface area contributed by atoms with Gasteiger partial charge in [-0.05, 0) is 63.2 Å². The van der Waals surface area contributed by atoms with Crippen molar-refractivity contribution < 1.29 is 4.42 Å². The van der Waals surface area contributed by atoms with Gasteiger partial charge in [-0.25, -0.2) is 0 Å². The third-order valence-electron chi connectivity index (χ3n) is 5.43. The lowest BCUT2D eigenvalue weighted by Crippen LogP contribution is -2.42. The summed E-state index contributed by atoms with van der Waals surface area (Å²) in [6, 6.07) is 4.32. The smallest absolute Gasteiger partial charge is 0.120 e. The number of hydrogen-bond acceptors (Lipinski definition) is 3. The van der Waals surface area contributed by atoms with Crippen LogP contribution in [0.15, 0.2) is 22.8 Å². The van der Waals surface area contributed by atoms with Gasteiger partial charge in [0.1, 0.15) is 5.76 Å². The van der Waals surface area contributed by atoms with Gasteiger partial charge in [-0.2, -0.15) is 0 Å². The molecule has 1 saturated heterocycles. The van der Waals surface area contributed by atoms with Crippen molar-refractivity contribution in [2.45, 2.75) is 51.5 Å². The maximum Gasteiger partial charge on any atom is 0.120 e. The molecule has 3 rings (SSSR count). The molecule has 2 heterocycles. The average Bonchev–Trinajstić information content (AvgIpc) is 3.13. The van der Waals surface area contributed by atoms with Crippen LogP contribution in [0.2, 0.25) is 0 Å². The van der Waals surface area contributed by atoms with E-state index in [9.17, 15) is 0 Å². The number of hydrogen-bond donors (Lipinski definition) is 1. The summed E-state index contributed by atoms with van der Waals surface area (Å²) in [4.78, 5) is 2.63. The molecule has 1 aliphatic heterocycles. The summed E-state index contributed by atoms with van der Waals surface area (Å²) in [5.74, 6) is 1.04. The van der Waals surface area contributed by atoms with Gasteiger partial charge in [-0.15, -0.1) is 0 Å².